The van der Waals surface area contributed by atoms with Crippen molar-refractivity contribution >= 4 is 19.2 Å². The van der Waals surface area contributed by atoms with E-state index in [-0.39, 0.29) is 31.3 Å². The fourth-order valence-electron chi connectivity index (χ4n) is 4.54. The molecule has 2 unspecified atom stereocenters. The van der Waals surface area contributed by atoms with E-state index in [9.17, 15) is 19.3 Å². The quantitative estimate of drug-likeness (QED) is 0.734. The van der Waals surface area contributed by atoms with Crippen LogP contribution in [-0.2, 0) is 14.1 Å². The van der Waals surface area contributed by atoms with Gasteiger partial charge in [0.1, 0.15) is 6.61 Å². The van der Waals surface area contributed by atoms with Crippen molar-refractivity contribution in [2.75, 3.05) is 33.0 Å². The first-order chi connectivity index (χ1) is 14.3. The van der Waals surface area contributed by atoms with Gasteiger partial charge in [-0.1, -0.05) is 48.5 Å². The van der Waals surface area contributed by atoms with Crippen LogP contribution in [0.5, 0.6) is 0 Å². The Morgan fingerprint density at radius 3 is 2.13 bits per heavy atom. The van der Waals surface area contributed by atoms with Crippen LogP contribution >= 0.6 is 7.14 Å². The van der Waals surface area contributed by atoms with Gasteiger partial charge in [0, 0.05) is 24.7 Å². The molecule has 1 aliphatic carbocycles. The van der Waals surface area contributed by atoms with Crippen LogP contribution in [0.15, 0.2) is 48.5 Å². The highest BCUT2D eigenvalue weighted by Crippen LogP contribution is 2.48. The van der Waals surface area contributed by atoms with Gasteiger partial charge in [0.05, 0.1) is 13.1 Å². The van der Waals surface area contributed by atoms with Gasteiger partial charge in [-0.15, -0.1) is 0 Å². The molecular weight excluding hydrogens is 401 g/mol. The molecule has 30 heavy (non-hydrogen) atoms. The second-order valence-corrected chi connectivity index (χ2v) is 12.2. The molecule has 1 N–H and O–H groups in total. The Labute approximate surface area is 176 Å². The van der Waals surface area contributed by atoms with E-state index in [0.717, 1.165) is 22.3 Å². The smallest absolute Gasteiger partial charge is 0.409 e. The highest BCUT2D eigenvalue weighted by atomic mass is 31.2. The number of piperidine rings is 1. The van der Waals surface area contributed by atoms with Crippen molar-refractivity contribution in [2.45, 2.75) is 18.0 Å². The number of ether oxygens (including phenoxy) is 1. The monoisotopic (exact) mass is 427 g/mol. The maximum absolute atomic E-state index is 12.8. The summed E-state index contributed by atoms with van der Waals surface area (Å²) in [7, 11) is -2.53. The van der Waals surface area contributed by atoms with Gasteiger partial charge in [-0.2, -0.15) is 0 Å². The number of nitrogens with zero attached hydrogens (tertiary/aromatic N) is 1. The van der Waals surface area contributed by atoms with Gasteiger partial charge in [-0.25, -0.2) is 4.79 Å². The van der Waals surface area contributed by atoms with E-state index in [1.807, 2.05) is 24.3 Å². The minimum absolute atomic E-state index is 0.0549. The lowest BCUT2D eigenvalue weighted by Crippen LogP contribution is -2.48. The van der Waals surface area contributed by atoms with Gasteiger partial charge < -0.3 is 19.3 Å². The Morgan fingerprint density at radius 1 is 1.03 bits per heavy atom. The van der Waals surface area contributed by atoms with Crippen molar-refractivity contribution in [3.63, 3.8) is 0 Å². The van der Waals surface area contributed by atoms with Crippen LogP contribution in [0.2, 0.25) is 0 Å². The first-order valence-corrected chi connectivity index (χ1v) is 12.8. The van der Waals surface area contributed by atoms with Crippen LogP contribution in [0, 0.1) is 5.92 Å². The van der Waals surface area contributed by atoms with Gasteiger partial charge in [0.15, 0.2) is 0 Å². The highest BCUT2D eigenvalue weighted by molar-refractivity contribution is 7.63. The largest absolute Gasteiger partial charge is 0.481 e. The van der Waals surface area contributed by atoms with Crippen molar-refractivity contribution in [3.8, 4) is 11.1 Å². The number of fused-ring (bicyclic) bond motifs is 3. The van der Waals surface area contributed by atoms with E-state index >= 15 is 0 Å². The molecule has 1 fully saturated rings. The minimum atomic E-state index is -2.53. The molecular formula is C23H26NO5P. The van der Waals surface area contributed by atoms with Crippen LogP contribution < -0.4 is 0 Å². The number of carboxylic acid groups (broad SMARTS) is 1. The van der Waals surface area contributed by atoms with Crippen LogP contribution in [0.4, 0.5) is 4.79 Å². The molecule has 0 bridgehead atoms. The van der Waals surface area contributed by atoms with E-state index in [1.165, 1.54) is 4.90 Å². The molecule has 1 saturated heterocycles. The molecule has 4 rings (SSSR count). The lowest BCUT2D eigenvalue weighted by molar-refractivity contribution is -0.143. The van der Waals surface area contributed by atoms with E-state index in [1.54, 1.807) is 13.3 Å². The van der Waals surface area contributed by atoms with Crippen molar-refractivity contribution in [1.82, 2.24) is 4.90 Å². The SMILES string of the molecule is CP(C)(=O)C1CC(C(=O)O)CN(C(=O)OCC2c3ccccc3-c3ccccc32)C1. The van der Waals surface area contributed by atoms with Crippen molar-refractivity contribution < 1.29 is 24.0 Å². The standard InChI is InChI=1S/C23H26NO5P/c1-30(2,28)16-11-15(22(25)26)12-24(13-16)23(27)29-14-21-19-9-5-3-7-17(19)18-8-4-6-10-20(18)21/h3-10,15-16,21H,11-14H2,1-2H3,(H,25,26). The topological polar surface area (TPSA) is 83.9 Å². The molecule has 7 heteroatoms. The summed E-state index contributed by atoms with van der Waals surface area (Å²) < 4.78 is 18.2. The van der Waals surface area contributed by atoms with Crippen molar-refractivity contribution in [1.29, 1.82) is 0 Å². The van der Waals surface area contributed by atoms with Crippen LogP contribution in [0.3, 0.4) is 0 Å². The predicted octanol–water partition coefficient (Wildman–Crippen LogP) is 4.33. The molecule has 0 aromatic heterocycles. The van der Waals surface area contributed by atoms with E-state index in [2.05, 4.69) is 24.3 Å². The third-order valence-electron chi connectivity index (χ3n) is 6.25. The van der Waals surface area contributed by atoms with Gasteiger partial charge in [0.25, 0.3) is 0 Å². The number of amides is 1. The van der Waals surface area contributed by atoms with Gasteiger partial charge in [-0.05, 0) is 42.0 Å². The summed E-state index contributed by atoms with van der Waals surface area (Å²) in [5, 5.41) is 9.47. The Morgan fingerprint density at radius 2 is 1.60 bits per heavy atom. The number of rotatable bonds is 4. The summed E-state index contributed by atoms with van der Waals surface area (Å²) in [6, 6.07) is 16.2. The van der Waals surface area contributed by atoms with E-state index in [4.69, 9.17) is 4.74 Å². The molecule has 0 spiro atoms. The molecule has 1 amide bonds. The summed E-state index contributed by atoms with van der Waals surface area (Å²) in [5.41, 5.74) is 4.22. The number of carbonyl (C=O) groups is 2. The van der Waals surface area contributed by atoms with Crippen molar-refractivity contribution in [3.05, 3.63) is 59.7 Å². The molecule has 158 valence electrons. The summed E-state index contributed by atoms with van der Waals surface area (Å²) in [6.07, 6.45) is -0.214. The van der Waals surface area contributed by atoms with Crippen molar-refractivity contribution in [2.24, 2.45) is 5.92 Å². The lowest BCUT2D eigenvalue weighted by atomic mass is 9.98. The summed E-state index contributed by atoms with van der Waals surface area (Å²) in [5.74, 6) is -1.75. The Bertz CT molecular complexity index is 984. The van der Waals surface area contributed by atoms with Gasteiger partial charge >= 0.3 is 12.1 Å². The molecule has 1 aliphatic heterocycles. The first-order valence-electron chi connectivity index (χ1n) is 10.1. The highest BCUT2D eigenvalue weighted by Gasteiger charge is 2.39. The minimum Gasteiger partial charge on any atom is -0.481 e. The molecule has 0 radical (unpaired) electrons. The zero-order valence-corrected chi connectivity index (χ0v) is 18.0. The third kappa shape index (κ3) is 3.89. The number of aliphatic carboxylic acids is 1. The number of carboxylic acids is 1. The first kappa shape index (κ1) is 20.7. The van der Waals surface area contributed by atoms with Crippen LogP contribution in [0.25, 0.3) is 11.1 Å². The molecule has 2 aromatic rings. The van der Waals surface area contributed by atoms with E-state index < -0.39 is 25.1 Å². The normalized spacial score (nSPS) is 21.1. The molecule has 2 aromatic carbocycles. The maximum Gasteiger partial charge on any atom is 0.409 e. The third-order valence-corrected chi connectivity index (χ3v) is 8.38. The number of benzene rings is 2. The van der Waals surface area contributed by atoms with Crippen LogP contribution in [0.1, 0.15) is 23.5 Å². The molecule has 6 nitrogen and oxygen atoms in total. The lowest BCUT2D eigenvalue weighted by Gasteiger charge is -2.37. The fraction of sp³-hybridized carbons (Fsp3) is 0.391. The second-order valence-electron chi connectivity index (χ2n) is 8.57. The number of likely N-dealkylation sites (tertiary alicyclic amines) is 1. The average Bonchev–Trinajstić information content (AvgIpc) is 3.05. The number of hydrogen-bond acceptors (Lipinski definition) is 4. The average molecular weight is 427 g/mol. The fourth-order valence-corrected chi connectivity index (χ4v) is 5.89. The van der Waals surface area contributed by atoms with Gasteiger partial charge in [0.2, 0.25) is 0 Å². The summed E-state index contributed by atoms with van der Waals surface area (Å²) in [6.45, 7) is 3.84. The molecule has 1 heterocycles. The van der Waals surface area contributed by atoms with Crippen LogP contribution in [-0.4, -0.2) is 60.8 Å². The van der Waals surface area contributed by atoms with Gasteiger partial charge in [-0.3, -0.25) is 4.79 Å². The Hall–Kier alpha value is -2.59. The zero-order chi connectivity index (χ0) is 21.5. The summed E-state index contributed by atoms with van der Waals surface area (Å²) in [4.78, 5) is 25.8. The Balaban J connectivity index is 1.51. The van der Waals surface area contributed by atoms with E-state index in [0.29, 0.717) is 6.42 Å². The Kier molecular flexibility index (Phi) is 5.46. The molecule has 0 saturated carbocycles. The molecule has 2 atom stereocenters. The predicted molar refractivity (Wildman–Crippen MR) is 116 cm³/mol. The zero-order valence-electron chi connectivity index (χ0n) is 17.2. The number of hydrogen-bond donors (Lipinski definition) is 1. The molecule has 2 aliphatic rings. The maximum atomic E-state index is 12.8. The second kappa shape index (κ2) is 7.92. The summed E-state index contributed by atoms with van der Waals surface area (Å²) >= 11 is 0. The number of carbonyl (C=O) groups excluding carboxylic acids is 1.